The second kappa shape index (κ2) is 6.62. The second-order valence-corrected chi connectivity index (χ2v) is 6.64. The van der Waals surface area contributed by atoms with Gasteiger partial charge in [-0.15, -0.1) is 6.58 Å². The van der Waals surface area contributed by atoms with Crippen LogP contribution in [0.4, 0.5) is 11.5 Å². The highest BCUT2D eigenvalue weighted by Crippen LogP contribution is 2.19. The van der Waals surface area contributed by atoms with E-state index >= 15 is 0 Å². The molecule has 22 heavy (non-hydrogen) atoms. The van der Waals surface area contributed by atoms with E-state index < -0.39 is 10.0 Å². The quantitative estimate of drug-likeness (QED) is 0.803. The highest BCUT2D eigenvalue weighted by Gasteiger charge is 2.15. The van der Waals surface area contributed by atoms with Crippen LogP contribution in [0.5, 0.6) is 0 Å². The minimum Gasteiger partial charge on any atom is -0.367 e. The fraction of sp³-hybridized carbons (Fsp3) is 0.188. The molecule has 5 nitrogen and oxygen atoms in total. The van der Waals surface area contributed by atoms with Crippen LogP contribution >= 0.6 is 0 Å². The summed E-state index contributed by atoms with van der Waals surface area (Å²) in [4.78, 5) is 4.38. The molecule has 2 N–H and O–H groups in total. The largest absolute Gasteiger partial charge is 0.367 e. The van der Waals surface area contributed by atoms with E-state index in [1.165, 1.54) is 6.20 Å². The van der Waals surface area contributed by atoms with E-state index in [0.29, 0.717) is 18.1 Å². The maximum absolute atomic E-state index is 12.4. The molecule has 2 rings (SSSR count). The molecule has 0 bridgehead atoms. The van der Waals surface area contributed by atoms with Crippen molar-refractivity contribution in [1.82, 2.24) is 4.98 Å². The molecule has 0 unspecified atom stereocenters. The molecule has 0 atom stereocenters. The Labute approximate surface area is 131 Å². The summed E-state index contributed by atoms with van der Waals surface area (Å²) in [6, 6.07) is 8.42. The Hall–Kier alpha value is -2.34. The highest BCUT2D eigenvalue weighted by atomic mass is 32.2. The average Bonchev–Trinajstić information content (AvgIpc) is 2.49. The Bertz CT molecular complexity index is 768. The second-order valence-electron chi connectivity index (χ2n) is 4.95. The number of aryl methyl sites for hydroxylation is 2. The first kappa shape index (κ1) is 16.0. The molecule has 6 heteroatoms. The van der Waals surface area contributed by atoms with Crippen molar-refractivity contribution < 1.29 is 8.42 Å². The number of anilines is 2. The summed E-state index contributed by atoms with van der Waals surface area (Å²) < 4.78 is 27.2. The first-order valence-corrected chi connectivity index (χ1v) is 8.31. The van der Waals surface area contributed by atoms with Crippen molar-refractivity contribution in [3.63, 3.8) is 0 Å². The third kappa shape index (κ3) is 3.85. The van der Waals surface area contributed by atoms with Crippen LogP contribution in [0, 0.1) is 13.8 Å². The molecule has 1 aromatic carbocycles. The normalized spacial score (nSPS) is 11.0. The molecule has 0 radical (unpaired) electrons. The monoisotopic (exact) mass is 317 g/mol. The summed E-state index contributed by atoms with van der Waals surface area (Å²) in [6.45, 7) is 8.03. The minimum atomic E-state index is -3.61. The highest BCUT2D eigenvalue weighted by molar-refractivity contribution is 7.92. The molecule has 0 saturated heterocycles. The number of nitrogens with one attached hydrogen (secondary N) is 2. The zero-order valence-corrected chi connectivity index (χ0v) is 13.4. The molecule has 116 valence electrons. The summed E-state index contributed by atoms with van der Waals surface area (Å²) in [5.41, 5.74) is 2.41. The Morgan fingerprint density at radius 2 is 1.95 bits per heavy atom. The molecule has 0 saturated carbocycles. The molecule has 0 aliphatic rings. The predicted molar refractivity (Wildman–Crippen MR) is 89.6 cm³/mol. The van der Waals surface area contributed by atoms with Crippen molar-refractivity contribution >= 4 is 21.5 Å². The van der Waals surface area contributed by atoms with E-state index in [0.717, 1.165) is 11.1 Å². The van der Waals surface area contributed by atoms with Gasteiger partial charge in [0.1, 0.15) is 5.82 Å². The summed E-state index contributed by atoms with van der Waals surface area (Å²) in [6.07, 6.45) is 3.20. The van der Waals surface area contributed by atoms with Gasteiger partial charge in [0, 0.05) is 6.54 Å². The maximum Gasteiger partial charge on any atom is 0.261 e. The van der Waals surface area contributed by atoms with Gasteiger partial charge in [0.25, 0.3) is 10.0 Å². The van der Waals surface area contributed by atoms with Crippen molar-refractivity contribution in [3.8, 4) is 0 Å². The molecule has 0 amide bonds. The molecule has 0 fully saturated rings. The number of benzene rings is 1. The van der Waals surface area contributed by atoms with Crippen molar-refractivity contribution in [3.05, 3.63) is 60.3 Å². The summed E-state index contributed by atoms with van der Waals surface area (Å²) >= 11 is 0. The first-order chi connectivity index (χ1) is 10.4. The lowest BCUT2D eigenvalue weighted by Crippen LogP contribution is -2.13. The number of sulfonamides is 1. The Morgan fingerprint density at radius 3 is 2.55 bits per heavy atom. The summed E-state index contributed by atoms with van der Waals surface area (Å²) in [5, 5.41) is 3.02. The molecule has 1 heterocycles. The van der Waals surface area contributed by atoms with Gasteiger partial charge in [-0.05, 0) is 49.2 Å². The van der Waals surface area contributed by atoms with Crippen molar-refractivity contribution in [2.24, 2.45) is 0 Å². The van der Waals surface area contributed by atoms with Crippen LogP contribution in [0.2, 0.25) is 0 Å². The van der Waals surface area contributed by atoms with Gasteiger partial charge >= 0.3 is 0 Å². The van der Waals surface area contributed by atoms with Crippen molar-refractivity contribution in [2.45, 2.75) is 18.7 Å². The topological polar surface area (TPSA) is 71.1 Å². The third-order valence-electron chi connectivity index (χ3n) is 3.23. The minimum absolute atomic E-state index is 0.240. The van der Waals surface area contributed by atoms with Gasteiger partial charge in [0.05, 0.1) is 16.8 Å². The molecule has 0 aliphatic carbocycles. The Morgan fingerprint density at radius 1 is 1.18 bits per heavy atom. The number of aromatic nitrogens is 1. The molecule has 1 aromatic heterocycles. The van der Waals surface area contributed by atoms with Gasteiger partial charge in [-0.25, -0.2) is 13.4 Å². The van der Waals surface area contributed by atoms with Gasteiger partial charge in [0.15, 0.2) is 0 Å². The lowest BCUT2D eigenvalue weighted by atomic mass is 10.1. The molecule has 2 aromatic rings. The number of hydrogen-bond donors (Lipinski definition) is 2. The Balaban J connectivity index is 2.17. The van der Waals surface area contributed by atoms with Gasteiger partial charge in [0.2, 0.25) is 0 Å². The van der Waals surface area contributed by atoms with Crippen LogP contribution in [0.15, 0.2) is 54.1 Å². The van der Waals surface area contributed by atoms with Crippen LogP contribution in [0.1, 0.15) is 11.1 Å². The van der Waals surface area contributed by atoms with Crippen LogP contribution in [0.25, 0.3) is 0 Å². The average molecular weight is 317 g/mol. The van der Waals surface area contributed by atoms with E-state index in [1.807, 2.05) is 13.8 Å². The van der Waals surface area contributed by atoms with Crippen LogP contribution in [0.3, 0.4) is 0 Å². The Kier molecular flexibility index (Phi) is 4.82. The predicted octanol–water partition coefficient (Wildman–Crippen LogP) is 3.10. The number of nitrogens with zero attached hydrogens (tertiary/aromatic N) is 1. The van der Waals surface area contributed by atoms with Gasteiger partial charge in [-0.1, -0.05) is 12.1 Å². The molecular formula is C16H19N3O2S. The summed E-state index contributed by atoms with van der Waals surface area (Å²) in [7, 11) is -3.61. The fourth-order valence-electron chi connectivity index (χ4n) is 1.83. The van der Waals surface area contributed by atoms with E-state index in [1.54, 1.807) is 36.4 Å². The van der Waals surface area contributed by atoms with Gasteiger partial charge in [-0.3, -0.25) is 4.72 Å². The lowest BCUT2D eigenvalue weighted by Gasteiger charge is -2.10. The van der Waals surface area contributed by atoms with Crippen LogP contribution in [-0.2, 0) is 10.0 Å². The van der Waals surface area contributed by atoms with E-state index in [4.69, 9.17) is 0 Å². The lowest BCUT2D eigenvalue weighted by molar-refractivity contribution is 0.601. The van der Waals surface area contributed by atoms with Gasteiger partial charge in [-0.2, -0.15) is 0 Å². The zero-order chi connectivity index (χ0) is 16.2. The number of rotatable bonds is 6. The van der Waals surface area contributed by atoms with Crippen molar-refractivity contribution in [2.75, 3.05) is 16.6 Å². The SMILES string of the molecule is C=CCNc1ccc(NS(=O)(=O)c2ccc(C)c(C)c2)cn1. The maximum atomic E-state index is 12.4. The molecule has 0 spiro atoms. The fourth-order valence-corrected chi connectivity index (χ4v) is 2.96. The number of hydrogen-bond acceptors (Lipinski definition) is 4. The number of pyridine rings is 1. The van der Waals surface area contributed by atoms with Crippen LogP contribution in [-0.4, -0.2) is 19.9 Å². The molecular weight excluding hydrogens is 298 g/mol. The first-order valence-electron chi connectivity index (χ1n) is 6.83. The standard InChI is InChI=1S/C16H19N3O2S/c1-4-9-17-16-8-6-14(11-18-16)19-22(20,21)15-7-5-12(2)13(3)10-15/h4-8,10-11,19H,1,9H2,2-3H3,(H,17,18). The zero-order valence-electron chi connectivity index (χ0n) is 12.6. The van der Waals surface area contributed by atoms with Gasteiger partial charge < -0.3 is 5.32 Å². The third-order valence-corrected chi connectivity index (χ3v) is 4.61. The van der Waals surface area contributed by atoms with Crippen LogP contribution < -0.4 is 10.0 Å². The van der Waals surface area contributed by atoms with E-state index in [-0.39, 0.29) is 4.90 Å². The van der Waals surface area contributed by atoms with E-state index in [2.05, 4.69) is 21.6 Å². The smallest absolute Gasteiger partial charge is 0.261 e. The molecule has 0 aliphatic heterocycles. The van der Waals surface area contributed by atoms with Crippen molar-refractivity contribution in [1.29, 1.82) is 0 Å². The summed E-state index contributed by atoms with van der Waals surface area (Å²) in [5.74, 6) is 0.661. The van der Waals surface area contributed by atoms with E-state index in [9.17, 15) is 8.42 Å².